The van der Waals surface area contributed by atoms with Crippen molar-refractivity contribution in [3.05, 3.63) is 34.9 Å². The molecule has 0 atom stereocenters. The minimum atomic E-state index is 0.230. The first-order valence-electron chi connectivity index (χ1n) is 7.28. The Kier molecular flexibility index (Phi) is 3.61. The van der Waals surface area contributed by atoms with E-state index in [4.69, 9.17) is 4.74 Å². The maximum Gasteiger partial charge on any atom is 0.0598 e. The number of nitrogens with zero attached hydrogens (tertiary/aromatic N) is 1. The highest BCUT2D eigenvalue weighted by molar-refractivity contribution is 5.39. The second kappa shape index (κ2) is 5.23. The van der Waals surface area contributed by atoms with Crippen molar-refractivity contribution in [1.29, 1.82) is 0 Å². The summed E-state index contributed by atoms with van der Waals surface area (Å²) in [6.45, 7) is 11.8. The van der Waals surface area contributed by atoms with E-state index in [0.29, 0.717) is 0 Å². The monoisotopic (exact) mass is 260 g/mol. The fourth-order valence-corrected chi connectivity index (χ4v) is 3.28. The van der Waals surface area contributed by atoms with Crippen LogP contribution >= 0.6 is 0 Å². The van der Waals surface area contributed by atoms with Crippen molar-refractivity contribution in [2.24, 2.45) is 0 Å². The molecule has 19 heavy (non-hydrogen) atoms. The van der Waals surface area contributed by atoms with Crippen molar-refractivity contribution in [1.82, 2.24) is 10.2 Å². The molecular weight excluding hydrogens is 236 g/mol. The molecular formula is C16H24N2O. The molecule has 0 spiro atoms. The van der Waals surface area contributed by atoms with Crippen LogP contribution in [0.4, 0.5) is 0 Å². The summed E-state index contributed by atoms with van der Waals surface area (Å²) in [6, 6.07) is 6.82. The maximum absolute atomic E-state index is 5.59. The Morgan fingerprint density at radius 2 is 1.95 bits per heavy atom. The third-order valence-corrected chi connectivity index (χ3v) is 4.46. The molecule has 2 heterocycles. The number of hydrogen-bond donors (Lipinski definition) is 1. The van der Waals surface area contributed by atoms with Crippen molar-refractivity contribution >= 4 is 0 Å². The molecule has 3 rings (SSSR count). The number of benzene rings is 1. The van der Waals surface area contributed by atoms with E-state index in [0.717, 1.165) is 45.9 Å². The molecule has 1 N–H and O–H groups in total. The van der Waals surface area contributed by atoms with Gasteiger partial charge in [-0.15, -0.1) is 0 Å². The van der Waals surface area contributed by atoms with Crippen molar-refractivity contribution in [3.8, 4) is 0 Å². The number of nitrogens with one attached hydrogen (secondary N) is 1. The Morgan fingerprint density at radius 3 is 2.58 bits per heavy atom. The summed E-state index contributed by atoms with van der Waals surface area (Å²) >= 11 is 0. The van der Waals surface area contributed by atoms with Gasteiger partial charge in [0.15, 0.2) is 0 Å². The minimum Gasteiger partial charge on any atom is -0.379 e. The first kappa shape index (κ1) is 13.1. The third-order valence-electron chi connectivity index (χ3n) is 4.46. The van der Waals surface area contributed by atoms with Gasteiger partial charge >= 0.3 is 0 Å². The van der Waals surface area contributed by atoms with E-state index in [1.54, 1.807) is 0 Å². The van der Waals surface area contributed by atoms with Crippen molar-refractivity contribution in [3.63, 3.8) is 0 Å². The van der Waals surface area contributed by atoms with E-state index in [2.05, 4.69) is 42.3 Å². The van der Waals surface area contributed by atoms with Gasteiger partial charge in [0.25, 0.3) is 0 Å². The largest absolute Gasteiger partial charge is 0.379 e. The number of ether oxygens (including phenoxy) is 1. The van der Waals surface area contributed by atoms with Crippen LogP contribution in [0, 0.1) is 13.8 Å². The lowest BCUT2D eigenvalue weighted by Crippen LogP contribution is -2.57. The molecule has 1 aromatic rings. The molecule has 2 aliphatic rings. The zero-order valence-electron chi connectivity index (χ0n) is 12.0. The van der Waals surface area contributed by atoms with Gasteiger partial charge in [-0.2, -0.15) is 0 Å². The van der Waals surface area contributed by atoms with Crippen LogP contribution in [0.25, 0.3) is 0 Å². The molecule has 0 amide bonds. The van der Waals surface area contributed by atoms with E-state index < -0.39 is 0 Å². The second-order valence-corrected chi connectivity index (χ2v) is 6.12. The van der Waals surface area contributed by atoms with E-state index in [1.165, 1.54) is 16.7 Å². The summed E-state index contributed by atoms with van der Waals surface area (Å²) in [7, 11) is 0. The summed E-state index contributed by atoms with van der Waals surface area (Å²) in [5, 5.41) is 3.42. The summed E-state index contributed by atoms with van der Waals surface area (Å²) in [6.07, 6.45) is 0. The first-order chi connectivity index (χ1) is 9.20. The Morgan fingerprint density at radius 1 is 1.21 bits per heavy atom. The van der Waals surface area contributed by atoms with Gasteiger partial charge < -0.3 is 10.1 Å². The van der Waals surface area contributed by atoms with Gasteiger partial charge in [0, 0.05) is 32.7 Å². The number of rotatable bonds is 3. The summed E-state index contributed by atoms with van der Waals surface area (Å²) in [4.78, 5) is 2.58. The van der Waals surface area contributed by atoms with E-state index in [-0.39, 0.29) is 5.41 Å². The maximum atomic E-state index is 5.59. The van der Waals surface area contributed by atoms with Crippen LogP contribution in [0.1, 0.15) is 16.7 Å². The molecule has 1 aromatic carbocycles. The fourth-order valence-electron chi connectivity index (χ4n) is 3.28. The highest BCUT2D eigenvalue weighted by Gasteiger charge is 2.42. The quantitative estimate of drug-likeness (QED) is 0.891. The molecule has 2 saturated heterocycles. The van der Waals surface area contributed by atoms with E-state index in [1.807, 2.05) is 0 Å². The first-order valence-corrected chi connectivity index (χ1v) is 7.28. The number of hydrogen-bond acceptors (Lipinski definition) is 3. The molecule has 2 aliphatic heterocycles. The van der Waals surface area contributed by atoms with Gasteiger partial charge in [-0.05, 0) is 25.0 Å². The molecule has 0 aromatic heterocycles. The van der Waals surface area contributed by atoms with Gasteiger partial charge in [0.2, 0.25) is 0 Å². The Labute approximate surface area is 115 Å². The second-order valence-electron chi connectivity index (χ2n) is 6.12. The van der Waals surface area contributed by atoms with Gasteiger partial charge in [0.05, 0.1) is 18.6 Å². The standard InChI is InChI=1S/C16H24N2O/c1-13-3-4-14(2)15(9-13)16(11-19-12-16)10-18-7-5-17-6-8-18/h3-4,9,17H,5-8,10-12H2,1-2H3. The van der Waals surface area contributed by atoms with Gasteiger partial charge in [-0.3, -0.25) is 4.90 Å². The van der Waals surface area contributed by atoms with Crippen LogP contribution < -0.4 is 5.32 Å². The highest BCUT2D eigenvalue weighted by Crippen LogP contribution is 2.36. The Balaban J connectivity index is 1.83. The van der Waals surface area contributed by atoms with Crippen molar-refractivity contribution < 1.29 is 4.74 Å². The lowest BCUT2D eigenvalue weighted by Gasteiger charge is -2.46. The Hall–Kier alpha value is -0.900. The average molecular weight is 260 g/mol. The van der Waals surface area contributed by atoms with E-state index in [9.17, 15) is 0 Å². The summed E-state index contributed by atoms with van der Waals surface area (Å²) < 4.78 is 5.59. The normalized spacial score (nSPS) is 23.1. The lowest BCUT2D eigenvalue weighted by molar-refractivity contribution is -0.0759. The van der Waals surface area contributed by atoms with Crippen molar-refractivity contribution in [2.45, 2.75) is 19.3 Å². The van der Waals surface area contributed by atoms with Crippen LogP contribution in [0.5, 0.6) is 0 Å². The summed E-state index contributed by atoms with van der Waals surface area (Å²) in [5.74, 6) is 0. The van der Waals surface area contributed by atoms with Crippen LogP contribution in [-0.4, -0.2) is 50.8 Å². The predicted octanol–water partition coefficient (Wildman–Crippen LogP) is 1.48. The third kappa shape index (κ3) is 2.55. The van der Waals surface area contributed by atoms with Crippen LogP contribution in [-0.2, 0) is 10.2 Å². The number of aryl methyl sites for hydroxylation is 2. The smallest absolute Gasteiger partial charge is 0.0598 e. The predicted molar refractivity (Wildman–Crippen MR) is 77.7 cm³/mol. The van der Waals surface area contributed by atoms with Gasteiger partial charge in [0.1, 0.15) is 0 Å². The minimum absolute atomic E-state index is 0.230. The molecule has 3 nitrogen and oxygen atoms in total. The molecule has 104 valence electrons. The highest BCUT2D eigenvalue weighted by atomic mass is 16.5. The molecule has 0 radical (unpaired) electrons. The number of piperazine rings is 1. The van der Waals surface area contributed by atoms with Crippen molar-refractivity contribution in [2.75, 3.05) is 45.9 Å². The Bertz CT molecular complexity index is 448. The molecule has 0 aliphatic carbocycles. The van der Waals surface area contributed by atoms with Crippen LogP contribution in [0.3, 0.4) is 0 Å². The molecule has 0 saturated carbocycles. The average Bonchev–Trinajstić information content (AvgIpc) is 2.38. The zero-order chi connectivity index (χ0) is 13.3. The molecule has 2 fully saturated rings. The van der Waals surface area contributed by atoms with Gasteiger partial charge in [-0.25, -0.2) is 0 Å². The zero-order valence-corrected chi connectivity index (χ0v) is 12.0. The summed E-state index contributed by atoms with van der Waals surface area (Å²) in [5.41, 5.74) is 4.49. The molecule has 3 heteroatoms. The van der Waals surface area contributed by atoms with Gasteiger partial charge in [-0.1, -0.05) is 23.8 Å². The lowest BCUT2D eigenvalue weighted by atomic mass is 9.75. The SMILES string of the molecule is Cc1ccc(C)c(C2(CN3CCNCC3)COC2)c1. The van der Waals surface area contributed by atoms with Crippen LogP contribution in [0.2, 0.25) is 0 Å². The fraction of sp³-hybridized carbons (Fsp3) is 0.625. The van der Waals surface area contributed by atoms with Crippen LogP contribution in [0.15, 0.2) is 18.2 Å². The van der Waals surface area contributed by atoms with E-state index >= 15 is 0 Å². The molecule has 0 bridgehead atoms. The topological polar surface area (TPSA) is 24.5 Å². The molecule has 0 unspecified atom stereocenters.